The molecule has 6 nitrogen and oxygen atoms in total. The van der Waals surface area contributed by atoms with Crippen LogP contribution in [0.2, 0.25) is 5.02 Å². The van der Waals surface area contributed by atoms with Gasteiger partial charge in [-0.15, -0.1) is 13.2 Å². The minimum absolute atomic E-state index is 0.124. The first-order chi connectivity index (χ1) is 15.4. The Kier molecular flexibility index (Phi) is 6.88. The third-order valence-electron chi connectivity index (χ3n) is 4.70. The fourth-order valence-electron chi connectivity index (χ4n) is 3.21. The number of nitrogens with one attached hydrogen (secondary N) is 1. The van der Waals surface area contributed by atoms with E-state index in [1.807, 2.05) is 0 Å². The zero-order valence-corrected chi connectivity index (χ0v) is 17.6. The summed E-state index contributed by atoms with van der Waals surface area (Å²) in [5, 5.41) is 4.50. The Morgan fingerprint density at radius 3 is 2.59 bits per heavy atom. The molecule has 2 aromatic carbocycles. The molecule has 0 radical (unpaired) electrons. The van der Waals surface area contributed by atoms with E-state index < -0.39 is 6.36 Å². The molecule has 32 heavy (non-hydrogen) atoms. The summed E-state index contributed by atoms with van der Waals surface area (Å²) in [5.74, 6) is 0.811. The highest BCUT2D eigenvalue weighted by atomic mass is 35.5. The van der Waals surface area contributed by atoms with Crippen molar-refractivity contribution in [1.29, 1.82) is 0 Å². The van der Waals surface area contributed by atoms with Crippen molar-refractivity contribution in [3.8, 4) is 23.1 Å². The topological polar surface area (TPSA) is 61.8 Å². The maximum atomic E-state index is 12.3. The molecule has 1 aromatic heterocycles. The molecule has 2 heterocycles. The molecule has 1 fully saturated rings. The molecule has 0 saturated carbocycles. The molecule has 4 rings (SSSR count). The van der Waals surface area contributed by atoms with E-state index in [0.717, 1.165) is 24.9 Å². The molecule has 1 aliphatic rings. The number of pyridine rings is 1. The normalized spacial score (nSPS) is 16.7. The Morgan fingerprint density at radius 2 is 1.88 bits per heavy atom. The van der Waals surface area contributed by atoms with Crippen LogP contribution in [0.1, 0.15) is 6.42 Å². The lowest BCUT2D eigenvalue weighted by Gasteiger charge is -2.23. The summed E-state index contributed by atoms with van der Waals surface area (Å²) in [7, 11) is 0. The molecule has 0 bridgehead atoms. The molecule has 1 N–H and O–H groups in total. The van der Waals surface area contributed by atoms with Crippen LogP contribution in [0.25, 0.3) is 10.9 Å². The van der Waals surface area contributed by atoms with Gasteiger partial charge in [-0.25, -0.2) is 4.98 Å². The van der Waals surface area contributed by atoms with Crippen molar-refractivity contribution in [3.05, 3.63) is 53.6 Å². The third-order valence-corrected chi connectivity index (χ3v) is 4.99. The van der Waals surface area contributed by atoms with Gasteiger partial charge in [0, 0.05) is 31.0 Å². The molecule has 0 aliphatic carbocycles. The standard InChI is InChI=1S/C22H20ClF3N2O4/c23-18-12-19-14(11-20(18)30-9-7-17-13-27-8-10-29-17)1-6-21(28-19)31-15-2-4-16(5-3-15)32-22(24,25)26/h1-6,11-12,17,27H,7-10,13H2. The Morgan fingerprint density at radius 1 is 1.09 bits per heavy atom. The molecule has 1 aliphatic heterocycles. The minimum atomic E-state index is -4.75. The van der Waals surface area contributed by atoms with Gasteiger partial charge in [-0.3, -0.25) is 0 Å². The van der Waals surface area contributed by atoms with Crippen molar-refractivity contribution < 1.29 is 32.1 Å². The van der Waals surface area contributed by atoms with Crippen molar-refractivity contribution in [1.82, 2.24) is 10.3 Å². The molecule has 0 spiro atoms. The fourth-order valence-corrected chi connectivity index (χ4v) is 3.42. The van der Waals surface area contributed by atoms with E-state index in [2.05, 4.69) is 15.0 Å². The number of aromatic nitrogens is 1. The second-order valence-corrected chi connectivity index (χ2v) is 7.49. The number of benzene rings is 2. The predicted molar refractivity (Wildman–Crippen MR) is 113 cm³/mol. The van der Waals surface area contributed by atoms with Gasteiger partial charge in [0.2, 0.25) is 5.88 Å². The first kappa shape index (κ1) is 22.4. The molecule has 1 saturated heterocycles. The minimum Gasteiger partial charge on any atom is -0.492 e. The van der Waals surface area contributed by atoms with Crippen molar-refractivity contribution in [3.63, 3.8) is 0 Å². The van der Waals surface area contributed by atoms with Gasteiger partial charge in [-0.1, -0.05) is 11.6 Å². The monoisotopic (exact) mass is 468 g/mol. The maximum Gasteiger partial charge on any atom is 0.573 e. The van der Waals surface area contributed by atoms with E-state index in [-0.39, 0.29) is 17.7 Å². The summed E-state index contributed by atoms with van der Waals surface area (Å²) < 4.78 is 57.7. The Bertz CT molecular complexity index is 1060. The third kappa shape index (κ3) is 6.15. The van der Waals surface area contributed by atoms with Gasteiger partial charge in [-0.05, 0) is 42.5 Å². The van der Waals surface area contributed by atoms with Gasteiger partial charge in [0.15, 0.2) is 0 Å². The summed E-state index contributed by atoms with van der Waals surface area (Å²) >= 11 is 6.35. The molecule has 10 heteroatoms. The van der Waals surface area contributed by atoms with Crippen LogP contribution in [-0.2, 0) is 4.74 Å². The van der Waals surface area contributed by atoms with Crippen molar-refractivity contribution >= 4 is 22.5 Å². The van der Waals surface area contributed by atoms with Gasteiger partial charge in [-0.2, -0.15) is 0 Å². The number of halogens is 4. The predicted octanol–water partition coefficient (Wildman–Crippen LogP) is 5.34. The first-order valence-corrected chi connectivity index (χ1v) is 10.3. The summed E-state index contributed by atoms with van der Waals surface area (Å²) in [6, 6.07) is 12.0. The highest BCUT2D eigenvalue weighted by molar-refractivity contribution is 6.32. The van der Waals surface area contributed by atoms with Crippen LogP contribution in [-0.4, -0.2) is 43.8 Å². The van der Waals surface area contributed by atoms with E-state index in [1.54, 1.807) is 24.3 Å². The van der Waals surface area contributed by atoms with Crippen LogP contribution >= 0.6 is 11.6 Å². The van der Waals surface area contributed by atoms with Crippen LogP contribution in [0.5, 0.6) is 23.1 Å². The number of fused-ring (bicyclic) bond motifs is 1. The highest BCUT2D eigenvalue weighted by Crippen LogP contribution is 2.32. The van der Waals surface area contributed by atoms with E-state index >= 15 is 0 Å². The van der Waals surface area contributed by atoms with E-state index in [0.29, 0.717) is 35.3 Å². The second kappa shape index (κ2) is 9.81. The molecule has 1 unspecified atom stereocenters. The zero-order valence-electron chi connectivity index (χ0n) is 16.8. The highest BCUT2D eigenvalue weighted by Gasteiger charge is 2.31. The first-order valence-electron chi connectivity index (χ1n) is 9.95. The van der Waals surface area contributed by atoms with Gasteiger partial charge in [0.25, 0.3) is 0 Å². The van der Waals surface area contributed by atoms with Crippen LogP contribution in [0.15, 0.2) is 48.5 Å². The molecule has 3 aromatic rings. The van der Waals surface area contributed by atoms with Crippen LogP contribution in [0.3, 0.4) is 0 Å². The largest absolute Gasteiger partial charge is 0.573 e. The Balaban J connectivity index is 1.40. The van der Waals surface area contributed by atoms with E-state index in [1.165, 1.54) is 24.3 Å². The van der Waals surface area contributed by atoms with Crippen molar-refractivity contribution in [2.24, 2.45) is 0 Å². The molecule has 1 atom stereocenters. The number of alkyl halides is 3. The SMILES string of the molecule is FC(F)(F)Oc1ccc(Oc2ccc3cc(OCCC4CNCCO4)c(Cl)cc3n2)cc1. The lowest BCUT2D eigenvalue weighted by Crippen LogP contribution is -2.39. The van der Waals surface area contributed by atoms with Crippen molar-refractivity contribution in [2.45, 2.75) is 18.9 Å². The zero-order chi connectivity index (χ0) is 22.6. The lowest BCUT2D eigenvalue weighted by atomic mass is 10.2. The maximum absolute atomic E-state index is 12.3. The van der Waals surface area contributed by atoms with Gasteiger partial charge in [0.1, 0.15) is 17.2 Å². The summed E-state index contributed by atoms with van der Waals surface area (Å²) in [6.07, 6.45) is -3.87. The molecule has 170 valence electrons. The summed E-state index contributed by atoms with van der Waals surface area (Å²) in [4.78, 5) is 4.41. The quantitative estimate of drug-likeness (QED) is 0.505. The second-order valence-electron chi connectivity index (χ2n) is 7.08. The van der Waals surface area contributed by atoms with Crippen LogP contribution < -0.4 is 19.5 Å². The average Bonchev–Trinajstić information content (AvgIpc) is 2.75. The number of hydrogen-bond donors (Lipinski definition) is 1. The summed E-state index contributed by atoms with van der Waals surface area (Å²) in [6.45, 7) is 2.84. The van der Waals surface area contributed by atoms with Gasteiger partial charge >= 0.3 is 6.36 Å². The van der Waals surface area contributed by atoms with Crippen LogP contribution in [0.4, 0.5) is 13.2 Å². The van der Waals surface area contributed by atoms with Gasteiger partial charge < -0.3 is 24.3 Å². The summed E-state index contributed by atoms with van der Waals surface area (Å²) in [5.41, 5.74) is 0.594. The fraction of sp³-hybridized carbons (Fsp3) is 0.318. The number of ether oxygens (including phenoxy) is 4. The Hall–Kier alpha value is -2.75. The number of rotatable bonds is 7. The Labute approximate surface area is 187 Å². The van der Waals surface area contributed by atoms with Crippen LogP contribution in [0, 0.1) is 0 Å². The van der Waals surface area contributed by atoms with E-state index in [4.69, 9.17) is 25.8 Å². The van der Waals surface area contributed by atoms with Crippen molar-refractivity contribution in [2.75, 3.05) is 26.3 Å². The number of morpholine rings is 1. The number of hydrogen-bond acceptors (Lipinski definition) is 6. The van der Waals surface area contributed by atoms with E-state index in [9.17, 15) is 13.2 Å². The average molecular weight is 469 g/mol. The molecular weight excluding hydrogens is 449 g/mol. The van der Waals surface area contributed by atoms with Gasteiger partial charge in [0.05, 0.1) is 29.9 Å². The lowest BCUT2D eigenvalue weighted by molar-refractivity contribution is -0.274. The number of nitrogens with zero attached hydrogens (tertiary/aromatic N) is 1. The smallest absolute Gasteiger partial charge is 0.492 e. The molecule has 0 amide bonds. The molecular formula is C22H20ClF3N2O4.